The second-order valence-corrected chi connectivity index (χ2v) is 6.48. The lowest BCUT2D eigenvalue weighted by molar-refractivity contribution is -0.160. The molecule has 0 spiro atoms. The van der Waals surface area contributed by atoms with Crippen LogP contribution in [0.25, 0.3) is 0 Å². The van der Waals surface area contributed by atoms with Crippen molar-refractivity contribution in [1.82, 2.24) is 0 Å². The molecule has 0 radical (unpaired) electrons. The standard InChI is InChI=1S/C21H22F3NO5/c1-28-13-9-7-12(8-10-13)14(18(19(26)29-2)20(27)30-3)11-15-16(21(22,23)24)5-4-6-17(15)25/h4-10,14,18H,11,25H2,1-3H3. The van der Waals surface area contributed by atoms with E-state index in [1.54, 1.807) is 24.3 Å². The molecule has 0 aliphatic rings. The van der Waals surface area contributed by atoms with Crippen LogP contribution in [0.5, 0.6) is 5.75 Å². The number of anilines is 1. The first-order valence-electron chi connectivity index (χ1n) is 8.88. The molecule has 1 atom stereocenters. The minimum absolute atomic E-state index is 0.100. The molecule has 162 valence electrons. The van der Waals surface area contributed by atoms with Gasteiger partial charge in [0.15, 0.2) is 5.92 Å². The number of carbonyl (C=O) groups is 2. The molecule has 2 aromatic carbocycles. The highest BCUT2D eigenvalue weighted by molar-refractivity contribution is 5.96. The first-order chi connectivity index (χ1) is 14.1. The molecular formula is C21H22F3NO5. The summed E-state index contributed by atoms with van der Waals surface area (Å²) in [5, 5.41) is 0. The fourth-order valence-electron chi connectivity index (χ4n) is 3.28. The number of hydrogen-bond acceptors (Lipinski definition) is 6. The van der Waals surface area contributed by atoms with Crippen LogP contribution in [0.2, 0.25) is 0 Å². The summed E-state index contributed by atoms with van der Waals surface area (Å²) in [6.45, 7) is 0. The van der Waals surface area contributed by atoms with E-state index in [0.29, 0.717) is 11.3 Å². The molecule has 2 N–H and O–H groups in total. The van der Waals surface area contributed by atoms with Crippen molar-refractivity contribution < 1.29 is 37.0 Å². The average molecular weight is 425 g/mol. The van der Waals surface area contributed by atoms with E-state index in [-0.39, 0.29) is 17.7 Å². The van der Waals surface area contributed by atoms with Gasteiger partial charge in [-0.05, 0) is 41.8 Å². The lowest BCUT2D eigenvalue weighted by atomic mass is 9.80. The molecule has 0 aliphatic heterocycles. The molecule has 30 heavy (non-hydrogen) atoms. The van der Waals surface area contributed by atoms with Crippen molar-refractivity contribution in [3.63, 3.8) is 0 Å². The van der Waals surface area contributed by atoms with E-state index in [1.165, 1.54) is 19.2 Å². The summed E-state index contributed by atoms with van der Waals surface area (Å²) < 4.78 is 55.3. The smallest absolute Gasteiger partial charge is 0.416 e. The third kappa shape index (κ3) is 5.03. The second-order valence-electron chi connectivity index (χ2n) is 6.48. The molecule has 6 nitrogen and oxygen atoms in total. The van der Waals surface area contributed by atoms with Crippen molar-refractivity contribution in [2.24, 2.45) is 5.92 Å². The highest BCUT2D eigenvalue weighted by Crippen LogP contribution is 2.39. The summed E-state index contributed by atoms with van der Waals surface area (Å²) >= 11 is 0. The minimum atomic E-state index is -4.67. The molecule has 0 saturated carbocycles. The van der Waals surface area contributed by atoms with Crippen LogP contribution < -0.4 is 10.5 Å². The van der Waals surface area contributed by atoms with Crippen LogP contribution in [0, 0.1) is 5.92 Å². The average Bonchev–Trinajstić information content (AvgIpc) is 2.73. The van der Waals surface area contributed by atoms with Crippen LogP contribution in [0.4, 0.5) is 18.9 Å². The first kappa shape index (κ1) is 23.1. The fourth-order valence-corrected chi connectivity index (χ4v) is 3.28. The van der Waals surface area contributed by atoms with Crippen molar-refractivity contribution in [3.8, 4) is 5.75 Å². The Balaban J connectivity index is 2.65. The van der Waals surface area contributed by atoms with Crippen molar-refractivity contribution in [3.05, 3.63) is 59.2 Å². The van der Waals surface area contributed by atoms with Gasteiger partial charge in [-0.15, -0.1) is 0 Å². The lowest BCUT2D eigenvalue weighted by Crippen LogP contribution is -2.34. The Morgan fingerprint density at radius 2 is 1.53 bits per heavy atom. The molecule has 2 rings (SSSR count). The van der Waals surface area contributed by atoms with Gasteiger partial charge in [0.05, 0.1) is 26.9 Å². The maximum Gasteiger partial charge on any atom is 0.416 e. The van der Waals surface area contributed by atoms with E-state index in [2.05, 4.69) is 0 Å². The summed E-state index contributed by atoms with van der Waals surface area (Å²) in [6, 6.07) is 9.72. The Kier molecular flexibility index (Phi) is 7.31. The van der Waals surface area contributed by atoms with Gasteiger partial charge in [0.1, 0.15) is 5.75 Å². The first-order valence-corrected chi connectivity index (χ1v) is 8.88. The number of alkyl halides is 3. The Hall–Kier alpha value is -3.23. The Labute approximate surface area is 171 Å². The van der Waals surface area contributed by atoms with Crippen molar-refractivity contribution in [1.29, 1.82) is 0 Å². The van der Waals surface area contributed by atoms with Gasteiger partial charge in [0.25, 0.3) is 0 Å². The molecule has 9 heteroatoms. The van der Waals surface area contributed by atoms with E-state index < -0.39 is 35.5 Å². The van der Waals surface area contributed by atoms with Gasteiger partial charge in [-0.1, -0.05) is 18.2 Å². The van der Waals surface area contributed by atoms with Crippen LogP contribution in [0.15, 0.2) is 42.5 Å². The maximum atomic E-state index is 13.6. The zero-order valence-electron chi connectivity index (χ0n) is 16.7. The highest BCUT2D eigenvalue weighted by Gasteiger charge is 2.41. The number of ether oxygens (including phenoxy) is 3. The van der Waals surface area contributed by atoms with E-state index in [1.807, 2.05) is 0 Å². The molecule has 0 fully saturated rings. The van der Waals surface area contributed by atoms with E-state index in [4.69, 9.17) is 19.9 Å². The summed E-state index contributed by atoms with van der Waals surface area (Å²) in [6.07, 6.45) is -5.01. The molecule has 0 aliphatic carbocycles. The number of esters is 2. The molecule has 2 aromatic rings. The van der Waals surface area contributed by atoms with Crippen LogP contribution >= 0.6 is 0 Å². The monoisotopic (exact) mass is 425 g/mol. The molecule has 0 bridgehead atoms. The second kappa shape index (κ2) is 9.51. The Morgan fingerprint density at radius 1 is 0.967 bits per heavy atom. The van der Waals surface area contributed by atoms with Crippen molar-refractivity contribution in [2.45, 2.75) is 18.5 Å². The molecule has 0 saturated heterocycles. The third-order valence-electron chi connectivity index (χ3n) is 4.80. The lowest BCUT2D eigenvalue weighted by Gasteiger charge is -2.26. The maximum absolute atomic E-state index is 13.6. The number of rotatable bonds is 7. The topological polar surface area (TPSA) is 87.9 Å². The predicted octanol–water partition coefficient (Wildman–Crippen LogP) is 3.58. The summed E-state index contributed by atoms with van der Waals surface area (Å²) in [5.41, 5.74) is 5.02. The van der Waals surface area contributed by atoms with Crippen molar-refractivity contribution in [2.75, 3.05) is 27.1 Å². The van der Waals surface area contributed by atoms with Gasteiger partial charge in [-0.2, -0.15) is 13.2 Å². The zero-order chi connectivity index (χ0) is 22.5. The Bertz CT molecular complexity index is 881. The normalized spacial score (nSPS) is 12.4. The minimum Gasteiger partial charge on any atom is -0.497 e. The van der Waals surface area contributed by atoms with E-state index in [9.17, 15) is 22.8 Å². The third-order valence-corrected chi connectivity index (χ3v) is 4.80. The van der Waals surface area contributed by atoms with E-state index in [0.717, 1.165) is 20.3 Å². The number of halogens is 3. The number of hydrogen-bond donors (Lipinski definition) is 1. The van der Waals surface area contributed by atoms with Crippen LogP contribution in [-0.4, -0.2) is 33.3 Å². The molecule has 1 unspecified atom stereocenters. The SMILES string of the molecule is COC(=O)C(C(=O)OC)C(Cc1c(N)cccc1C(F)(F)F)c1ccc(OC)cc1. The predicted molar refractivity (Wildman–Crippen MR) is 103 cm³/mol. The number of methoxy groups -OCH3 is 3. The quantitative estimate of drug-likeness (QED) is 0.415. The van der Waals surface area contributed by atoms with Gasteiger partial charge in [0, 0.05) is 11.6 Å². The molecule has 0 amide bonds. The molecular weight excluding hydrogens is 403 g/mol. The van der Waals surface area contributed by atoms with Crippen LogP contribution in [0.3, 0.4) is 0 Å². The highest BCUT2D eigenvalue weighted by atomic mass is 19.4. The molecule has 0 heterocycles. The van der Waals surface area contributed by atoms with Gasteiger partial charge in [-0.3, -0.25) is 9.59 Å². The largest absolute Gasteiger partial charge is 0.497 e. The number of nitrogens with two attached hydrogens (primary N) is 1. The van der Waals surface area contributed by atoms with Gasteiger partial charge >= 0.3 is 18.1 Å². The summed E-state index contributed by atoms with van der Waals surface area (Å²) in [7, 11) is 3.63. The van der Waals surface area contributed by atoms with Gasteiger partial charge < -0.3 is 19.9 Å². The number of benzene rings is 2. The summed E-state index contributed by atoms with van der Waals surface area (Å²) in [5.74, 6) is -3.87. The zero-order valence-corrected chi connectivity index (χ0v) is 16.7. The van der Waals surface area contributed by atoms with Gasteiger partial charge in [0.2, 0.25) is 0 Å². The van der Waals surface area contributed by atoms with Gasteiger partial charge in [-0.25, -0.2) is 0 Å². The summed E-state index contributed by atoms with van der Waals surface area (Å²) in [4.78, 5) is 24.8. The number of carbonyl (C=O) groups excluding carboxylic acids is 2. The van der Waals surface area contributed by atoms with Crippen LogP contribution in [0.1, 0.15) is 22.6 Å². The Morgan fingerprint density at radius 3 is 2.00 bits per heavy atom. The van der Waals surface area contributed by atoms with E-state index >= 15 is 0 Å². The van der Waals surface area contributed by atoms with Crippen molar-refractivity contribution >= 4 is 17.6 Å². The number of nitrogen functional groups attached to an aromatic ring is 1. The van der Waals surface area contributed by atoms with Crippen LogP contribution in [-0.2, 0) is 31.7 Å². The fraction of sp³-hybridized carbons (Fsp3) is 0.333. The molecule has 0 aromatic heterocycles.